The summed E-state index contributed by atoms with van der Waals surface area (Å²) in [6.45, 7) is 2.05. The molecule has 0 aliphatic rings. The predicted octanol–water partition coefficient (Wildman–Crippen LogP) is 0.905. The van der Waals surface area contributed by atoms with Gasteiger partial charge in [0.2, 0.25) is 0 Å². The zero-order valence-corrected chi connectivity index (χ0v) is 9.80. The summed E-state index contributed by atoms with van der Waals surface area (Å²) in [6.07, 6.45) is 0. The van der Waals surface area contributed by atoms with Crippen molar-refractivity contribution in [1.29, 1.82) is 0 Å². The highest BCUT2D eigenvalue weighted by molar-refractivity contribution is 7.13. The first-order valence-corrected chi connectivity index (χ1v) is 5.48. The van der Waals surface area contributed by atoms with Crippen molar-refractivity contribution in [2.45, 2.75) is 6.92 Å². The quantitative estimate of drug-likeness (QED) is 0.775. The fraction of sp³-hybridized carbons (Fsp3) is 0.444. The molecular formula is C9H12N2O4S. The molecule has 0 atom stereocenters. The fourth-order valence-corrected chi connectivity index (χ4v) is 1.55. The molecule has 0 spiro atoms. The average Bonchev–Trinajstić information content (AvgIpc) is 2.75. The third-order valence-electron chi connectivity index (χ3n) is 1.60. The maximum Gasteiger partial charge on any atom is 0.357 e. The van der Waals surface area contributed by atoms with Gasteiger partial charge in [-0.05, 0) is 6.92 Å². The number of nitrogens with one attached hydrogen (secondary N) is 1. The molecule has 0 aliphatic carbocycles. The molecule has 7 heteroatoms. The van der Waals surface area contributed by atoms with Crippen molar-refractivity contribution in [2.24, 2.45) is 0 Å². The lowest BCUT2D eigenvalue weighted by atomic mass is 10.5. The van der Waals surface area contributed by atoms with Crippen LogP contribution in [0.15, 0.2) is 5.38 Å². The van der Waals surface area contributed by atoms with Crippen molar-refractivity contribution in [3.63, 3.8) is 0 Å². The van der Waals surface area contributed by atoms with E-state index >= 15 is 0 Å². The van der Waals surface area contributed by atoms with Crippen LogP contribution >= 0.6 is 11.3 Å². The smallest absolute Gasteiger partial charge is 0.357 e. The number of rotatable bonds is 5. The lowest BCUT2D eigenvalue weighted by Crippen LogP contribution is -2.15. The van der Waals surface area contributed by atoms with Crippen LogP contribution in [0.4, 0.5) is 5.13 Å². The van der Waals surface area contributed by atoms with Gasteiger partial charge >= 0.3 is 11.9 Å². The van der Waals surface area contributed by atoms with Gasteiger partial charge in [-0.2, -0.15) is 0 Å². The molecule has 16 heavy (non-hydrogen) atoms. The molecule has 1 heterocycles. The van der Waals surface area contributed by atoms with E-state index in [2.05, 4.69) is 15.0 Å². The lowest BCUT2D eigenvalue weighted by molar-refractivity contribution is -0.138. The van der Waals surface area contributed by atoms with Crippen LogP contribution in [0.5, 0.6) is 0 Å². The Labute approximate surface area is 96.6 Å². The number of aromatic nitrogens is 1. The Morgan fingerprint density at radius 3 is 2.94 bits per heavy atom. The Kier molecular flexibility index (Phi) is 4.71. The molecular weight excluding hydrogens is 232 g/mol. The van der Waals surface area contributed by atoms with Crippen LogP contribution in [0.3, 0.4) is 0 Å². The number of anilines is 1. The molecule has 1 aromatic heterocycles. The standard InChI is InChI=1S/C9H12N2O4S/c1-3-15-8(13)6-5-16-9(11-6)10-4-7(12)14-2/h5H,3-4H2,1-2H3,(H,10,11). The van der Waals surface area contributed by atoms with E-state index in [9.17, 15) is 9.59 Å². The van der Waals surface area contributed by atoms with Crippen LogP contribution in [0.25, 0.3) is 0 Å². The number of hydrogen-bond acceptors (Lipinski definition) is 7. The second-order valence-corrected chi connectivity index (χ2v) is 3.55. The number of carbonyl (C=O) groups is 2. The largest absolute Gasteiger partial charge is 0.468 e. The Balaban J connectivity index is 2.51. The topological polar surface area (TPSA) is 77.5 Å². The second-order valence-electron chi connectivity index (χ2n) is 2.69. The van der Waals surface area contributed by atoms with E-state index in [4.69, 9.17) is 4.74 Å². The van der Waals surface area contributed by atoms with Gasteiger partial charge in [0.1, 0.15) is 6.54 Å². The maximum atomic E-state index is 11.3. The summed E-state index contributed by atoms with van der Waals surface area (Å²) in [5.74, 6) is -0.863. The van der Waals surface area contributed by atoms with E-state index in [-0.39, 0.29) is 12.2 Å². The summed E-state index contributed by atoms with van der Waals surface area (Å²) in [4.78, 5) is 26.0. The first kappa shape index (κ1) is 12.4. The fourth-order valence-electron chi connectivity index (χ4n) is 0.874. The highest BCUT2D eigenvalue weighted by Crippen LogP contribution is 2.15. The van der Waals surface area contributed by atoms with Gasteiger partial charge in [-0.3, -0.25) is 4.79 Å². The van der Waals surface area contributed by atoms with Crippen molar-refractivity contribution in [2.75, 3.05) is 25.6 Å². The van der Waals surface area contributed by atoms with Crippen molar-refractivity contribution in [3.8, 4) is 0 Å². The Morgan fingerprint density at radius 1 is 1.56 bits per heavy atom. The van der Waals surface area contributed by atoms with Crippen LogP contribution in [-0.4, -0.2) is 37.2 Å². The number of carbonyl (C=O) groups excluding carboxylic acids is 2. The molecule has 88 valence electrons. The van der Waals surface area contributed by atoms with Gasteiger partial charge in [0, 0.05) is 5.38 Å². The molecule has 1 rings (SSSR count). The summed E-state index contributed by atoms with van der Waals surface area (Å²) in [5.41, 5.74) is 0.235. The SMILES string of the molecule is CCOC(=O)c1csc(NCC(=O)OC)n1. The van der Waals surface area contributed by atoms with Gasteiger partial charge < -0.3 is 14.8 Å². The van der Waals surface area contributed by atoms with Gasteiger partial charge in [-0.25, -0.2) is 9.78 Å². The monoisotopic (exact) mass is 244 g/mol. The van der Waals surface area contributed by atoms with E-state index in [1.165, 1.54) is 18.4 Å². The first-order chi connectivity index (χ1) is 7.67. The maximum absolute atomic E-state index is 11.3. The van der Waals surface area contributed by atoms with Crippen LogP contribution in [0.1, 0.15) is 17.4 Å². The molecule has 0 bridgehead atoms. The summed E-state index contributed by atoms with van der Waals surface area (Å²) >= 11 is 1.23. The van der Waals surface area contributed by atoms with Crippen LogP contribution in [0, 0.1) is 0 Å². The normalized spacial score (nSPS) is 9.62. The minimum Gasteiger partial charge on any atom is -0.468 e. The number of esters is 2. The van der Waals surface area contributed by atoms with E-state index in [0.29, 0.717) is 11.7 Å². The molecule has 0 aromatic carbocycles. The van der Waals surface area contributed by atoms with Crippen molar-refractivity contribution in [1.82, 2.24) is 4.98 Å². The van der Waals surface area contributed by atoms with Gasteiger partial charge in [0.25, 0.3) is 0 Å². The lowest BCUT2D eigenvalue weighted by Gasteiger charge is -1.99. The first-order valence-electron chi connectivity index (χ1n) is 4.60. The molecule has 1 N–H and O–H groups in total. The van der Waals surface area contributed by atoms with Crippen molar-refractivity contribution in [3.05, 3.63) is 11.1 Å². The minimum absolute atomic E-state index is 0.0201. The van der Waals surface area contributed by atoms with E-state index in [1.807, 2.05) is 0 Å². The van der Waals surface area contributed by atoms with Gasteiger partial charge in [-0.1, -0.05) is 0 Å². The zero-order chi connectivity index (χ0) is 12.0. The van der Waals surface area contributed by atoms with Crippen molar-refractivity contribution < 1.29 is 19.1 Å². The van der Waals surface area contributed by atoms with E-state index in [1.54, 1.807) is 12.3 Å². The molecule has 0 fully saturated rings. The summed E-state index contributed by atoms with van der Waals surface area (Å²) in [7, 11) is 1.30. The number of methoxy groups -OCH3 is 1. The van der Waals surface area contributed by atoms with E-state index < -0.39 is 11.9 Å². The van der Waals surface area contributed by atoms with Gasteiger partial charge in [0.05, 0.1) is 13.7 Å². The third kappa shape index (κ3) is 3.50. The Hall–Kier alpha value is -1.63. The summed E-state index contributed by atoms with van der Waals surface area (Å²) in [5, 5.41) is 4.78. The number of nitrogens with zero attached hydrogens (tertiary/aromatic N) is 1. The molecule has 0 amide bonds. The highest BCUT2D eigenvalue weighted by Gasteiger charge is 2.11. The summed E-state index contributed by atoms with van der Waals surface area (Å²) < 4.78 is 9.22. The van der Waals surface area contributed by atoms with Crippen molar-refractivity contribution >= 4 is 28.4 Å². The number of ether oxygens (including phenoxy) is 2. The van der Waals surface area contributed by atoms with Crippen LogP contribution in [-0.2, 0) is 14.3 Å². The average molecular weight is 244 g/mol. The third-order valence-corrected chi connectivity index (χ3v) is 2.40. The predicted molar refractivity (Wildman–Crippen MR) is 58.6 cm³/mol. The molecule has 0 radical (unpaired) electrons. The van der Waals surface area contributed by atoms with E-state index in [0.717, 1.165) is 0 Å². The molecule has 0 saturated heterocycles. The number of thiazole rings is 1. The second kappa shape index (κ2) is 6.06. The molecule has 1 aromatic rings. The number of hydrogen-bond donors (Lipinski definition) is 1. The molecule has 0 aliphatic heterocycles. The highest BCUT2D eigenvalue weighted by atomic mass is 32.1. The Bertz CT molecular complexity index is 377. The van der Waals surface area contributed by atoms with Crippen LogP contribution in [0.2, 0.25) is 0 Å². The zero-order valence-electron chi connectivity index (χ0n) is 8.98. The molecule has 0 saturated carbocycles. The molecule has 6 nitrogen and oxygen atoms in total. The summed E-state index contributed by atoms with van der Waals surface area (Å²) in [6, 6.07) is 0. The van der Waals surface area contributed by atoms with Crippen LogP contribution < -0.4 is 5.32 Å². The van der Waals surface area contributed by atoms with Gasteiger partial charge in [-0.15, -0.1) is 11.3 Å². The molecule has 0 unspecified atom stereocenters. The minimum atomic E-state index is -0.468. The Morgan fingerprint density at radius 2 is 2.31 bits per heavy atom. The van der Waals surface area contributed by atoms with Gasteiger partial charge in [0.15, 0.2) is 10.8 Å².